The first-order valence-corrected chi connectivity index (χ1v) is 5.96. The molecule has 2 rings (SSSR count). The Morgan fingerprint density at radius 1 is 1.29 bits per heavy atom. The van der Waals surface area contributed by atoms with Gasteiger partial charge >= 0.3 is 0 Å². The summed E-state index contributed by atoms with van der Waals surface area (Å²) in [5, 5.41) is 0. The highest BCUT2D eigenvalue weighted by Crippen LogP contribution is 2.23. The van der Waals surface area contributed by atoms with E-state index in [4.69, 9.17) is 9.47 Å². The number of hydrogen-bond donors (Lipinski definition) is 0. The third-order valence-electron chi connectivity index (χ3n) is 3.00. The third kappa shape index (κ3) is 3.14. The minimum Gasteiger partial charge on any atom is -0.348 e. The Morgan fingerprint density at radius 2 is 1.82 bits per heavy atom. The lowest BCUT2D eigenvalue weighted by molar-refractivity contribution is -0.177. The van der Waals surface area contributed by atoms with Crippen molar-refractivity contribution in [1.29, 1.82) is 0 Å². The topological polar surface area (TPSA) is 35.5 Å². The van der Waals surface area contributed by atoms with Crippen LogP contribution in [0.15, 0.2) is 24.3 Å². The number of Topliss-reactive ketones (excluding diaryl/α,β-unsaturated/α-hetero) is 1. The molecule has 1 atom stereocenters. The molecule has 1 aromatic carbocycles. The van der Waals surface area contributed by atoms with Gasteiger partial charge in [-0.05, 0) is 18.1 Å². The van der Waals surface area contributed by atoms with Gasteiger partial charge in [0.1, 0.15) is 5.78 Å². The van der Waals surface area contributed by atoms with E-state index >= 15 is 0 Å². The van der Waals surface area contributed by atoms with Crippen LogP contribution in [0.5, 0.6) is 0 Å². The average Bonchev–Trinajstić information content (AvgIpc) is 2.50. The smallest absolute Gasteiger partial charge is 0.161 e. The van der Waals surface area contributed by atoms with Crippen LogP contribution in [0.25, 0.3) is 0 Å². The van der Waals surface area contributed by atoms with E-state index in [1.54, 1.807) is 6.92 Å². The van der Waals surface area contributed by atoms with Gasteiger partial charge in [0.25, 0.3) is 0 Å². The van der Waals surface area contributed by atoms with Gasteiger partial charge in [-0.15, -0.1) is 0 Å². The third-order valence-corrected chi connectivity index (χ3v) is 3.00. The SMILES string of the molecule is CC(=O)C[C@H](C)C1OCc2ccccc2CO1. The molecular formula is C14H18O3. The molecule has 0 unspecified atom stereocenters. The Hall–Kier alpha value is -1.19. The van der Waals surface area contributed by atoms with Crippen LogP contribution in [0.4, 0.5) is 0 Å². The quantitative estimate of drug-likeness (QED) is 0.806. The number of benzene rings is 1. The summed E-state index contributed by atoms with van der Waals surface area (Å²) in [6.45, 7) is 4.70. The standard InChI is InChI=1S/C14H18O3/c1-10(7-11(2)15)14-16-8-12-5-3-4-6-13(12)9-17-14/h3-6,10,14H,7-9H2,1-2H3/t10-/m0/s1. The second kappa shape index (κ2) is 5.43. The van der Waals surface area contributed by atoms with E-state index in [2.05, 4.69) is 12.1 Å². The maximum absolute atomic E-state index is 11.1. The maximum Gasteiger partial charge on any atom is 0.161 e. The molecule has 0 radical (unpaired) electrons. The molecule has 17 heavy (non-hydrogen) atoms. The Labute approximate surface area is 102 Å². The van der Waals surface area contributed by atoms with Crippen LogP contribution < -0.4 is 0 Å². The monoisotopic (exact) mass is 234 g/mol. The normalized spacial score (nSPS) is 18.2. The number of carbonyl (C=O) groups is 1. The lowest BCUT2D eigenvalue weighted by atomic mass is 10.1. The molecule has 0 spiro atoms. The summed E-state index contributed by atoms with van der Waals surface area (Å²) in [7, 11) is 0. The lowest BCUT2D eigenvalue weighted by Gasteiger charge is -2.21. The molecule has 0 N–H and O–H groups in total. The van der Waals surface area contributed by atoms with E-state index < -0.39 is 0 Å². The van der Waals surface area contributed by atoms with Crippen molar-refractivity contribution in [2.45, 2.75) is 39.8 Å². The van der Waals surface area contributed by atoms with Gasteiger partial charge in [-0.3, -0.25) is 0 Å². The van der Waals surface area contributed by atoms with Crippen molar-refractivity contribution in [3.05, 3.63) is 35.4 Å². The summed E-state index contributed by atoms with van der Waals surface area (Å²) >= 11 is 0. The lowest BCUT2D eigenvalue weighted by Crippen LogP contribution is -2.25. The molecule has 1 aliphatic heterocycles. The zero-order valence-electron chi connectivity index (χ0n) is 10.3. The first-order chi connectivity index (χ1) is 8.16. The molecule has 0 fully saturated rings. The summed E-state index contributed by atoms with van der Waals surface area (Å²) in [4.78, 5) is 11.1. The number of fused-ring (bicyclic) bond motifs is 1. The van der Waals surface area contributed by atoms with Crippen molar-refractivity contribution in [2.24, 2.45) is 5.92 Å². The van der Waals surface area contributed by atoms with Crippen molar-refractivity contribution in [1.82, 2.24) is 0 Å². The molecule has 3 heteroatoms. The number of hydrogen-bond acceptors (Lipinski definition) is 3. The van der Waals surface area contributed by atoms with Crippen LogP contribution in [-0.2, 0) is 27.5 Å². The van der Waals surface area contributed by atoms with Crippen LogP contribution in [0.3, 0.4) is 0 Å². The van der Waals surface area contributed by atoms with Gasteiger partial charge in [0, 0.05) is 12.3 Å². The average molecular weight is 234 g/mol. The van der Waals surface area contributed by atoms with E-state index in [-0.39, 0.29) is 18.0 Å². The van der Waals surface area contributed by atoms with Crippen LogP contribution in [0, 0.1) is 5.92 Å². The second-order valence-electron chi connectivity index (χ2n) is 4.64. The fourth-order valence-corrected chi connectivity index (χ4v) is 2.11. The highest BCUT2D eigenvalue weighted by Gasteiger charge is 2.23. The summed E-state index contributed by atoms with van der Waals surface area (Å²) in [5.74, 6) is 0.272. The molecule has 0 aliphatic carbocycles. The Balaban J connectivity index is 2.01. The number of rotatable bonds is 3. The van der Waals surface area contributed by atoms with E-state index in [1.165, 1.54) is 11.1 Å². The molecule has 1 heterocycles. The van der Waals surface area contributed by atoms with Gasteiger partial charge in [0.15, 0.2) is 6.29 Å². The van der Waals surface area contributed by atoms with Gasteiger partial charge in [-0.25, -0.2) is 0 Å². The van der Waals surface area contributed by atoms with E-state index in [1.807, 2.05) is 19.1 Å². The first kappa shape index (κ1) is 12.3. The highest BCUT2D eigenvalue weighted by atomic mass is 16.7. The van der Waals surface area contributed by atoms with Crippen molar-refractivity contribution >= 4 is 5.78 Å². The fourth-order valence-electron chi connectivity index (χ4n) is 2.11. The Morgan fingerprint density at radius 3 is 2.29 bits per heavy atom. The van der Waals surface area contributed by atoms with Crippen LogP contribution in [-0.4, -0.2) is 12.1 Å². The summed E-state index contributed by atoms with van der Waals surface area (Å²) in [6.07, 6.45) is 0.215. The van der Waals surface area contributed by atoms with Gasteiger partial charge in [0.2, 0.25) is 0 Å². The minimum absolute atomic E-state index is 0.0989. The fraction of sp³-hybridized carbons (Fsp3) is 0.500. The van der Waals surface area contributed by atoms with Gasteiger partial charge < -0.3 is 14.3 Å². The van der Waals surface area contributed by atoms with Crippen molar-refractivity contribution in [3.8, 4) is 0 Å². The van der Waals surface area contributed by atoms with Crippen LogP contribution >= 0.6 is 0 Å². The number of ether oxygens (including phenoxy) is 2. The molecule has 1 aliphatic rings. The largest absolute Gasteiger partial charge is 0.348 e. The van der Waals surface area contributed by atoms with Crippen LogP contribution in [0.1, 0.15) is 31.4 Å². The van der Waals surface area contributed by atoms with Crippen molar-refractivity contribution < 1.29 is 14.3 Å². The Kier molecular flexibility index (Phi) is 3.92. The summed E-state index contributed by atoms with van der Waals surface area (Å²) in [5.41, 5.74) is 2.34. The second-order valence-corrected chi connectivity index (χ2v) is 4.64. The predicted molar refractivity (Wildman–Crippen MR) is 64.3 cm³/mol. The van der Waals surface area contributed by atoms with Crippen LogP contribution in [0.2, 0.25) is 0 Å². The van der Waals surface area contributed by atoms with E-state index in [0.717, 1.165) is 0 Å². The zero-order valence-corrected chi connectivity index (χ0v) is 10.3. The molecular weight excluding hydrogens is 216 g/mol. The molecule has 0 saturated heterocycles. The van der Waals surface area contributed by atoms with Gasteiger partial charge in [0.05, 0.1) is 13.2 Å². The summed E-state index contributed by atoms with van der Waals surface area (Å²) in [6, 6.07) is 8.11. The molecule has 0 bridgehead atoms. The molecule has 0 aromatic heterocycles. The maximum atomic E-state index is 11.1. The molecule has 0 amide bonds. The van der Waals surface area contributed by atoms with Crippen molar-refractivity contribution in [2.75, 3.05) is 0 Å². The minimum atomic E-state index is -0.286. The highest BCUT2D eigenvalue weighted by molar-refractivity contribution is 5.75. The number of carbonyl (C=O) groups excluding carboxylic acids is 1. The van der Waals surface area contributed by atoms with Gasteiger partial charge in [-0.2, -0.15) is 0 Å². The molecule has 1 aromatic rings. The van der Waals surface area contributed by atoms with E-state index in [0.29, 0.717) is 19.6 Å². The first-order valence-electron chi connectivity index (χ1n) is 5.96. The predicted octanol–water partition coefficient (Wildman–Crippen LogP) is 2.67. The molecule has 3 nitrogen and oxygen atoms in total. The Bertz CT molecular complexity index is 373. The van der Waals surface area contributed by atoms with E-state index in [9.17, 15) is 4.79 Å². The summed E-state index contributed by atoms with van der Waals surface area (Å²) < 4.78 is 11.4. The van der Waals surface area contributed by atoms with Crippen molar-refractivity contribution in [3.63, 3.8) is 0 Å². The van der Waals surface area contributed by atoms with Gasteiger partial charge in [-0.1, -0.05) is 31.2 Å². The molecule has 92 valence electrons. The number of ketones is 1. The zero-order chi connectivity index (χ0) is 12.3. The molecule has 0 saturated carbocycles.